The molecule has 0 unspecified atom stereocenters. The molecule has 0 aromatic carbocycles. The van der Waals surface area contributed by atoms with Crippen LogP contribution in [-0.2, 0) is 0 Å². The van der Waals surface area contributed by atoms with Gasteiger partial charge in [-0.25, -0.2) is 0 Å². The molecule has 1 aromatic rings. The van der Waals surface area contributed by atoms with Gasteiger partial charge in [-0.3, -0.25) is 0 Å². The van der Waals surface area contributed by atoms with Crippen molar-refractivity contribution in [2.75, 3.05) is 0 Å². The molecule has 66 valence electrons. The second kappa shape index (κ2) is 3.54. The third-order valence-corrected chi connectivity index (χ3v) is 8.35. The van der Waals surface area contributed by atoms with E-state index in [0.29, 0.717) is 0 Å². The van der Waals surface area contributed by atoms with Gasteiger partial charge in [0.25, 0.3) is 0 Å². The average Bonchev–Trinajstić information content (AvgIpc) is 1.92. The first-order valence-electron chi connectivity index (χ1n) is 4.04. The van der Waals surface area contributed by atoms with Crippen LogP contribution in [-0.4, -0.2) is 23.4 Å². The fourth-order valence-corrected chi connectivity index (χ4v) is 7.18. The molecule has 0 N–H and O–H groups in total. The van der Waals surface area contributed by atoms with E-state index in [1.807, 2.05) is 6.92 Å². The van der Waals surface area contributed by atoms with Crippen LogP contribution in [0.5, 0.6) is 0 Å². The summed E-state index contributed by atoms with van der Waals surface area (Å²) in [7, 11) is 0. The molecule has 0 radical (unpaired) electrons. The number of hydrogen-bond donors (Lipinski definition) is 0. The van der Waals surface area contributed by atoms with Gasteiger partial charge >= 0.3 is 83.3 Å². The first-order valence-corrected chi connectivity index (χ1v) is 14.4. The first-order chi connectivity index (χ1) is 5.41. The Kier molecular flexibility index (Phi) is 3.05. The van der Waals surface area contributed by atoms with E-state index in [2.05, 4.69) is 25.9 Å². The summed E-state index contributed by atoms with van der Waals surface area (Å²) in [5.41, 5.74) is 1.07. The number of pyridine rings is 1. The third-order valence-electron chi connectivity index (χ3n) is 1.80. The summed E-state index contributed by atoms with van der Waals surface area (Å²) in [6.07, 6.45) is 1.77. The predicted molar refractivity (Wildman–Crippen MR) is 57.0 cm³/mol. The van der Waals surface area contributed by atoms with E-state index < -0.39 is 18.4 Å². The molecule has 0 fully saturated rings. The van der Waals surface area contributed by atoms with E-state index in [9.17, 15) is 0 Å². The number of nitrogens with zero attached hydrogens (tertiary/aromatic N) is 1. The summed E-state index contributed by atoms with van der Waals surface area (Å²) in [4.78, 5) is 11.2. The summed E-state index contributed by atoms with van der Waals surface area (Å²) in [5.74, 6) is 0. The zero-order valence-electron chi connectivity index (χ0n) is 7.98. The average molecular weight is 290 g/mol. The Labute approximate surface area is 83.0 Å². The van der Waals surface area contributed by atoms with Crippen molar-refractivity contribution in [3.63, 3.8) is 0 Å². The van der Waals surface area contributed by atoms with Gasteiger partial charge in [0.15, 0.2) is 0 Å². The molecule has 1 heterocycles. The molecule has 0 atom stereocenters. The molecule has 0 saturated heterocycles. The molecule has 0 bridgehead atoms. The summed E-state index contributed by atoms with van der Waals surface area (Å²) < 4.78 is 1.37. The number of aromatic nitrogens is 1. The van der Waals surface area contributed by atoms with Crippen molar-refractivity contribution in [3.05, 3.63) is 23.0 Å². The van der Waals surface area contributed by atoms with Gasteiger partial charge in [-0.15, -0.1) is 0 Å². The summed E-state index contributed by atoms with van der Waals surface area (Å²) in [6.45, 7) is 2.01. The molecule has 1 nitrogen and oxygen atoms in total. The Morgan fingerprint density at radius 2 is 1.92 bits per heavy atom. The SMILES string of the molecule is Cc1c[c]([Sn]([CH3])([CH3])[CH3])c(Cl)cn1. The zero-order valence-corrected chi connectivity index (χ0v) is 11.6. The van der Waals surface area contributed by atoms with Crippen molar-refractivity contribution < 1.29 is 0 Å². The van der Waals surface area contributed by atoms with Gasteiger partial charge in [0.2, 0.25) is 0 Å². The van der Waals surface area contributed by atoms with E-state index in [0.717, 1.165) is 10.7 Å². The monoisotopic (exact) mass is 291 g/mol. The van der Waals surface area contributed by atoms with Crippen LogP contribution < -0.4 is 3.58 Å². The van der Waals surface area contributed by atoms with Crippen LogP contribution in [0.2, 0.25) is 19.8 Å². The quantitative estimate of drug-likeness (QED) is 0.725. The zero-order chi connectivity index (χ0) is 9.35. The molecule has 0 aliphatic heterocycles. The summed E-state index contributed by atoms with van der Waals surface area (Å²) in [5, 5.41) is 0.851. The Bertz CT molecular complexity index is 291. The molecule has 0 aliphatic rings. The minimum absolute atomic E-state index is 0.851. The van der Waals surface area contributed by atoms with E-state index in [1.54, 1.807) is 6.20 Å². The fraction of sp³-hybridized carbons (Fsp3) is 0.444. The number of hydrogen-bond acceptors (Lipinski definition) is 1. The molecule has 1 aromatic heterocycles. The molecular weight excluding hydrogens is 276 g/mol. The van der Waals surface area contributed by atoms with E-state index >= 15 is 0 Å². The molecule has 0 spiro atoms. The summed E-state index contributed by atoms with van der Waals surface area (Å²) in [6, 6.07) is 2.14. The number of halogens is 1. The third kappa shape index (κ3) is 2.36. The Balaban J connectivity index is 3.23. The number of rotatable bonds is 1. The van der Waals surface area contributed by atoms with Crippen LogP contribution >= 0.6 is 11.6 Å². The maximum absolute atomic E-state index is 6.07. The molecule has 3 heteroatoms. The van der Waals surface area contributed by atoms with Crippen molar-refractivity contribution in [2.24, 2.45) is 0 Å². The number of aryl methyl sites for hydroxylation is 1. The normalized spacial score (nSPS) is 11.8. The Hall–Kier alpha value is 0.239. The van der Waals surface area contributed by atoms with Crippen LogP contribution in [0.25, 0.3) is 0 Å². The van der Waals surface area contributed by atoms with E-state index in [-0.39, 0.29) is 0 Å². The second-order valence-corrected chi connectivity index (χ2v) is 18.8. The van der Waals surface area contributed by atoms with E-state index in [4.69, 9.17) is 11.6 Å². The standard InChI is InChI=1S/C6H5ClN.3CH3.Sn/c1-5-2-3-6(7)4-8-5;;;;/h2,4H,1H3;3*1H3;. The molecule has 0 amide bonds. The van der Waals surface area contributed by atoms with Gasteiger partial charge in [-0.05, 0) is 0 Å². The van der Waals surface area contributed by atoms with E-state index in [1.165, 1.54) is 3.58 Å². The molecule has 0 aliphatic carbocycles. The van der Waals surface area contributed by atoms with Crippen molar-refractivity contribution >= 4 is 33.6 Å². The van der Waals surface area contributed by atoms with Gasteiger partial charge in [-0.2, -0.15) is 0 Å². The van der Waals surface area contributed by atoms with Crippen molar-refractivity contribution in [2.45, 2.75) is 21.7 Å². The van der Waals surface area contributed by atoms with Gasteiger partial charge in [0, 0.05) is 0 Å². The Morgan fingerprint density at radius 3 is 2.33 bits per heavy atom. The van der Waals surface area contributed by atoms with Crippen molar-refractivity contribution in [3.8, 4) is 0 Å². The van der Waals surface area contributed by atoms with Crippen LogP contribution in [0.1, 0.15) is 5.69 Å². The second-order valence-electron chi connectivity index (χ2n) is 4.06. The maximum atomic E-state index is 6.07. The molecule has 0 saturated carbocycles. The van der Waals surface area contributed by atoms with Crippen LogP contribution in [0.3, 0.4) is 0 Å². The molecular formula is C9H14ClNSn. The van der Waals surface area contributed by atoms with Crippen LogP contribution in [0.15, 0.2) is 12.3 Å². The van der Waals surface area contributed by atoms with Gasteiger partial charge in [0.05, 0.1) is 0 Å². The minimum atomic E-state index is -1.99. The van der Waals surface area contributed by atoms with Gasteiger partial charge in [-0.1, -0.05) is 0 Å². The Morgan fingerprint density at radius 1 is 1.33 bits per heavy atom. The predicted octanol–water partition coefficient (Wildman–Crippen LogP) is 2.59. The van der Waals surface area contributed by atoms with Crippen LogP contribution in [0.4, 0.5) is 0 Å². The topological polar surface area (TPSA) is 12.9 Å². The molecule has 1 rings (SSSR count). The van der Waals surface area contributed by atoms with Gasteiger partial charge in [0.1, 0.15) is 0 Å². The summed E-state index contributed by atoms with van der Waals surface area (Å²) >= 11 is 4.08. The van der Waals surface area contributed by atoms with Crippen molar-refractivity contribution in [1.82, 2.24) is 4.98 Å². The van der Waals surface area contributed by atoms with Crippen molar-refractivity contribution in [1.29, 1.82) is 0 Å². The first kappa shape index (κ1) is 10.3. The fourth-order valence-electron chi connectivity index (χ4n) is 1.12. The van der Waals surface area contributed by atoms with Gasteiger partial charge < -0.3 is 0 Å². The van der Waals surface area contributed by atoms with Crippen LogP contribution in [0, 0.1) is 6.92 Å². The molecule has 12 heavy (non-hydrogen) atoms.